The van der Waals surface area contributed by atoms with E-state index < -0.39 is 0 Å². The summed E-state index contributed by atoms with van der Waals surface area (Å²) in [6.07, 6.45) is 1.11. The van der Waals surface area contributed by atoms with Crippen LogP contribution in [0.2, 0.25) is 10.0 Å². The largest absolute Gasteiger partial charge is 0.494 e. The molecule has 1 aliphatic heterocycles. The van der Waals surface area contributed by atoms with Crippen LogP contribution in [0.3, 0.4) is 0 Å². The molecule has 0 aliphatic carbocycles. The minimum absolute atomic E-state index is 0.0485. The van der Waals surface area contributed by atoms with Gasteiger partial charge in [0.05, 0.1) is 12.6 Å². The van der Waals surface area contributed by atoms with Gasteiger partial charge in [0.25, 0.3) is 0 Å². The van der Waals surface area contributed by atoms with Crippen LogP contribution in [0.5, 0.6) is 5.75 Å². The maximum atomic E-state index is 6.60. The van der Waals surface area contributed by atoms with Gasteiger partial charge in [-0.25, -0.2) is 0 Å². The van der Waals surface area contributed by atoms with Gasteiger partial charge in [0.15, 0.2) is 0 Å². The first kappa shape index (κ1) is 18.5. The molecule has 0 bridgehead atoms. The molecule has 2 aromatic rings. The van der Waals surface area contributed by atoms with Crippen molar-refractivity contribution in [2.24, 2.45) is 0 Å². The van der Waals surface area contributed by atoms with Gasteiger partial charge in [-0.05, 0) is 43.7 Å². The summed E-state index contributed by atoms with van der Waals surface area (Å²) in [7, 11) is 0. The van der Waals surface area contributed by atoms with Crippen molar-refractivity contribution in [3.05, 3.63) is 63.6 Å². The van der Waals surface area contributed by atoms with Crippen LogP contribution < -0.4 is 10.1 Å². The van der Waals surface area contributed by atoms with E-state index in [4.69, 9.17) is 27.9 Å². The number of nitrogens with zero attached hydrogens (tertiary/aromatic N) is 1. The quantitative estimate of drug-likeness (QED) is 0.810. The molecular formula is C20H24Cl2N2O. The first-order chi connectivity index (χ1) is 12.2. The molecule has 2 aromatic carbocycles. The lowest BCUT2D eigenvalue weighted by Crippen LogP contribution is -2.33. The first-order valence-corrected chi connectivity index (χ1v) is 9.57. The topological polar surface area (TPSA) is 24.5 Å². The second kappa shape index (κ2) is 8.91. The number of nitrogens with one attached hydrogen (secondary N) is 1. The van der Waals surface area contributed by atoms with Crippen molar-refractivity contribution in [2.75, 3.05) is 32.8 Å². The summed E-state index contributed by atoms with van der Waals surface area (Å²) in [4.78, 5) is 2.48. The summed E-state index contributed by atoms with van der Waals surface area (Å²) < 4.78 is 5.91. The van der Waals surface area contributed by atoms with E-state index >= 15 is 0 Å². The minimum atomic E-state index is 0.0485. The summed E-state index contributed by atoms with van der Waals surface area (Å²) >= 11 is 12.7. The van der Waals surface area contributed by atoms with Crippen molar-refractivity contribution in [3.63, 3.8) is 0 Å². The Hall–Kier alpha value is -1.26. The zero-order valence-corrected chi connectivity index (χ0v) is 16.0. The molecule has 0 spiro atoms. The van der Waals surface area contributed by atoms with Crippen LogP contribution in [-0.2, 0) is 0 Å². The van der Waals surface area contributed by atoms with Gasteiger partial charge in [0.2, 0.25) is 0 Å². The van der Waals surface area contributed by atoms with Gasteiger partial charge >= 0.3 is 0 Å². The summed E-state index contributed by atoms with van der Waals surface area (Å²) in [5.74, 6) is 0.915. The molecule has 1 saturated heterocycles. The molecule has 3 nitrogen and oxygen atoms in total. The second-order valence-electron chi connectivity index (χ2n) is 6.18. The summed E-state index contributed by atoms with van der Waals surface area (Å²) in [6, 6.07) is 14.1. The fourth-order valence-electron chi connectivity index (χ4n) is 3.40. The van der Waals surface area contributed by atoms with Gasteiger partial charge in [-0.2, -0.15) is 0 Å². The van der Waals surface area contributed by atoms with Crippen LogP contribution in [0.15, 0.2) is 42.5 Å². The molecule has 0 aromatic heterocycles. The minimum Gasteiger partial charge on any atom is -0.494 e. The second-order valence-corrected chi connectivity index (χ2v) is 7.02. The Morgan fingerprint density at radius 2 is 1.92 bits per heavy atom. The standard InChI is InChI=1S/C20H24Cl2N2O/c1-2-25-19-7-4-3-6-17(19)20(24-12-5-10-23-11-13-24)16-9-8-15(21)14-18(16)22/h3-4,6-9,14,20,23H,2,5,10-13H2,1H3. The van der Waals surface area contributed by atoms with Gasteiger partial charge in [-0.1, -0.05) is 47.5 Å². The molecule has 0 saturated carbocycles. The predicted octanol–water partition coefficient (Wildman–Crippen LogP) is 4.78. The van der Waals surface area contributed by atoms with Crippen molar-refractivity contribution in [3.8, 4) is 5.75 Å². The summed E-state index contributed by atoms with van der Waals surface area (Å²) in [6.45, 7) is 6.64. The van der Waals surface area contributed by atoms with Crippen molar-refractivity contribution in [1.82, 2.24) is 10.2 Å². The molecule has 1 unspecified atom stereocenters. The molecule has 3 rings (SSSR count). The third-order valence-corrected chi connectivity index (χ3v) is 5.07. The highest BCUT2D eigenvalue weighted by molar-refractivity contribution is 6.35. The Labute approximate surface area is 159 Å². The van der Waals surface area contributed by atoms with Crippen molar-refractivity contribution in [1.29, 1.82) is 0 Å². The lowest BCUT2D eigenvalue weighted by atomic mass is 9.95. The molecular weight excluding hydrogens is 355 g/mol. The van der Waals surface area contributed by atoms with Crippen LogP contribution >= 0.6 is 23.2 Å². The predicted molar refractivity (Wildman–Crippen MR) is 105 cm³/mol. The molecule has 0 radical (unpaired) electrons. The molecule has 25 heavy (non-hydrogen) atoms. The molecule has 1 heterocycles. The smallest absolute Gasteiger partial charge is 0.124 e. The highest BCUT2D eigenvalue weighted by Crippen LogP contribution is 2.38. The lowest BCUT2D eigenvalue weighted by Gasteiger charge is -2.33. The van der Waals surface area contributed by atoms with Crippen LogP contribution in [0.25, 0.3) is 0 Å². The normalized spacial score (nSPS) is 17.1. The van der Waals surface area contributed by atoms with Crippen LogP contribution in [-0.4, -0.2) is 37.7 Å². The molecule has 1 atom stereocenters. The lowest BCUT2D eigenvalue weighted by molar-refractivity contribution is 0.233. The Morgan fingerprint density at radius 1 is 1.08 bits per heavy atom. The Morgan fingerprint density at radius 3 is 2.72 bits per heavy atom. The summed E-state index contributed by atoms with van der Waals surface area (Å²) in [5, 5.41) is 4.82. The van der Waals surface area contributed by atoms with Gasteiger partial charge < -0.3 is 10.1 Å². The molecule has 1 fully saturated rings. The number of para-hydroxylation sites is 1. The van der Waals surface area contributed by atoms with E-state index in [0.29, 0.717) is 16.7 Å². The van der Waals surface area contributed by atoms with E-state index in [0.717, 1.165) is 49.5 Å². The fourth-order valence-corrected chi connectivity index (χ4v) is 3.91. The average molecular weight is 379 g/mol. The third-order valence-electron chi connectivity index (χ3n) is 4.51. The monoisotopic (exact) mass is 378 g/mol. The van der Waals surface area contributed by atoms with Crippen LogP contribution in [0.1, 0.15) is 30.5 Å². The fraction of sp³-hybridized carbons (Fsp3) is 0.400. The van der Waals surface area contributed by atoms with Crippen molar-refractivity contribution in [2.45, 2.75) is 19.4 Å². The Bertz CT molecular complexity index is 700. The Balaban J connectivity index is 2.08. The van der Waals surface area contributed by atoms with Gasteiger partial charge in [0, 0.05) is 35.2 Å². The molecule has 0 amide bonds. The van der Waals surface area contributed by atoms with Gasteiger partial charge in [-0.15, -0.1) is 0 Å². The van der Waals surface area contributed by atoms with E-state index in [1.165, 1.54) is 0 Å². The van der Waals surface area contributed by atoms with E-state index in [1.54, 1.807) is 0 Å². The number of hydrogen-bond donors (Lipinski definition) is 1. The van der Waals surface area contributed by atoms with E-state index in [2.05, 4.69) is 22.3 Å². The molecule has 134 valence electrons. The van der Waals surface area contributed by atoms with Crippen molar-refractivity contribution < 1.29 is 4.74 Å². The Kier molecular flexibility index (Phi) is 6.60. The van der Waals surface area contributed by atoms with Crippen LogP contribution in [0.4, 0.5) is 0 Å². The summed E-state index contributed by atoms with van der Waals surface area (Å²) in [5.41, 5.74) is 2.22. The van der Waals surface area contributed by atoms with Crippen LogP contribution in [0, 0.1) is 0 Å². The number of hydrogen-bond acceptors (Lipinski definition) is 3. The zero-order chi connectivity index (χ0) is 17.6. The van der Waals surface area contributed by atoms with Crippen molar-refractivity contribution >= 4 is 23.2 Å². The highest BCUT2D eigenvalue weighted by Gasteiger charge is 2.27. The highest BCUT2D eigenvalue weighted by atomic mass is 35.5. The third kappa shape index (κ3) is 4.48. The van der Waals surface area contributed by atoms with Gasteiger partial charge in [-0.3, -0.25) is 4.90 Å². The number of rotatable bonds is 5. The maximum absolute atomic E-state index is 6.60. The van der Waals surface area contributed by atoms with Gasteiger partial charge in [0.1, 0.15) is 5.75 Å². The van der Waals surface area contributed by atoms with E-state index in [-0.39, 0.29) is 6.04 Å². The maximum Gasteiger partial charge on any atom is 0.124 e. The number of ether oxygens (including phenoxy) is 1. The zero-order valence-electron chi connectivity index (χ0n) is 14.5. The molecule has 5 heteroatoms. The molecule has 1 aliphatic rings. The van der Waals surface area contributed by atoms with E-state index in [9.17, 15) is 0 Å². The SMILES string of the molecule is CCOc1ccccc1C(c1ccc(Cl)cc1Cl)N1CCCNCC1. The molecule has 1 N–H and O–H groups in total. The van der Waals surface area contributed by atoms with E-state index in [1.807, 2.05) is 37.3 Å². The number of benzene rings is 2. The first-order valence-electron chi connectivity index (χ1n) is 8.82. The number of halogens is 2. The average Bonchev–Trinajstić information content (AvgIpc) is 2.88.